The highest BCUT2D eigenvalue weighted by Crippen LogP contribution is 2.26. The Hall–Kier alpha value is -1.20. The van der Waals surface area contributed by atoms with E-state index >= 15 is 0 Å². The molecule has 0 saturated heterocycles. The summed E-state index contributed by atoms with van der Waals surface area (Å²) < 4.78 is 27.1. The normalized spacial score (nSPS) is 14.7. The van der Waals surface area contributed by atoms with Crippen molar-refractivity contribution in [2.75, 3.05) is 13.6 Å². The van der Waals surface area contributed by atoms with Crippen molar-refractivity contribution in [2.45, 2.75) is 44.7 Å². The van der Waals surface area contributed by atoms with Gasteiger partial charge in [-0.1, -0.05) is 12.8 Å². The minimum absolute atomic E-state index is 0. The third-order valence-electron chi connectivity index (χ3n) is 4.02. The molecular weight excluding hydrogens is 310 g/mol. The van der Waals surface area contributed by atoms with Crippen molar-refractivity contribution in [3.8, 4) is 0 Å². The van der Waals surface area contributed by atoms with Gasteiger partial charge in [-0.05, 0) is 38.1 Å². The molecular formula is C16H23ClF2N2O. The summed E-state index contributed by atoms with van der Waals surface area (Å²) in [7, 11) is 1.79. The van der Waals surface area contributed by atoms with Crippen LogP contribution in [0.5, 0.6) is 0 Å². The molecule has 1 aliphatic carbocycles. The molecule has 1 saturated carbocycles. The summed E-state index contributed by atoms with van der Waals surface area (Å²) in [6.07, 6.45) is 4.45. The molecule has 1 aromatic rings. The van der Waals surface area contributed by atoms with Gasteiger partial charge in [0.05, 0.1) is 0 Å². The van der Waals surface area contributed by atoms with Crippen molar-refractivity contribution in [3.63, 3.8) is 0 Å². The van der Waals surface area contributed by atoms with E-state index in [1.807, 2.05) is 0 Å². The third-order valence-corrected chi connectivity index (χ3v) is 4.02. The lowest BCUT2D eigenvalue weighted by Crippen LogP contribution is -2.39. The van der Waals surface area contributed by atoms with Gasteiger partial charge in [0.2, 0.25) is 5.91 Å². The summed E-state index contributed by atoms with van der Waals surface area (Å²) in [6.45, 7) is 0.741. The molecule has 2 rings (SSSR count). The molecule has 3 nitrogen and oxygen atoms in total. The van der Waals surface area contributed by atoms with Crippen molar-refractivity contribution in [2.24, 2.45) is 0 Å². The molecule has 0 aliphatic heterocycles. The first-order chi connectivity index (χ1) is 10.1. The number of halogens is 3. The molecule has 0 aromatic heterocycles. The summed E-state index contributed by atoms with van der Waals surface area (Å²) in [5.41, 5.74) is 0.250. The Morgan fingerprint density at radius 3 is 2.64 bits per heavy atom. The smallest absolute Gasteiger partial charge is 0.224 e. The molecule has 0 unspecified atom stereocenters. The number of benzene rings is 1. The Morgan fingerprint density at radius 1 is 1.32 bits per heavy atom. The van der Waals surface area contributed by atoms with Crippen LogP contribution in [0.4, 0.5) is 8.78 Å². The van der Waals surface area contributed by atoms with Crippen LogP contribution in [0.3, 0.4) is 0 Å². The fraction of sp³-hybridized carbons (Fsp3) is 0.562. The minimum atomic E-state index is -0.472. The second kappa shape index (κ2) is 9.06. The number of hydrogen-bond acceptors (Lipinski definition) is 2. The first kappa shape index (κ1) is 18.8. The Labute approximate surface area is 136 Å². The van der Waals surface area contributed by atoms with Gasteiger partial charge < -0.3 is 10.2 Å². The van der Waals surface area contributed by atoms with Crippen LogP contribution in [0.2, 0.25) is 0 Å². The molecule has 0 radical (unpaired) electrons. The van der Waals surface area contributed by atoms with Gasteiger partial charge in [0, 0.05) is 31.1 Å². The quantitative estimate of drug-likeness (QED) is 0.867. The van der Waals surface area contributed by atoms with Crippen molar-refractivity contribution in [3.05, 3.63) is 35.4 Å². The molecule has 0 heterocycles. The molecule has 1 fully saturated rings. The standard InChI is InChI=1S/C16H22F2N2O.ClH/c1-19-9-8-16(21)20(14-4-2-3-5-14)11-12-10-13(17)6-7-15(12)18;/h6-7,10,14,19H,2-5,8-9,11H2,1H3;1H. The lowest BCUT2D eigenvalue weighted by molar-refractivity contribution is -0.134. The van der Waals surface area contributed by atoms with Gasteiger partial charge in [-0.25, -0.2) is 8.78 Å². The van der Waals surface area contributed by atoms with E-state index in [1.165, 1.54) is 6.07 Å². The third kappa shape index (κ3) is 4.92. The van der Waals surface area contributed by atoms with Crippen LogP contribution in [0.15, 0.2) is 18.2 Å². The Bertz CT molecular complexity index is 493. The predicted octanol–water partition coefficient (Wildman–Crippen LogP) is 3.27. The van der Waals surface area contributed by atoms with Gasteiger partial charge >= 0.3 is 0 Å². The predicted molar refractivity (Wildman–Crippen MR) is 85.0 cm³/mol. The number of nitrogens with one attached hydrogen (secondary N) is 1. The van der Waals surface area contributed by atoms with Gasteiger partial charge in [-0.3, -0.25) is 4.79 Å². The molecule has 0 atom stereocenters. The lowest BCUT2D eigenvalue weighted by atomic mass is 10.1. The van der Waals surface area contributed by atoms with Crippen LogP contribution in [0.1, 0.15) is 37.7 Å². The zero-order chi connectivity index (χ0) is 15.2. The maximum Gasteiger partial charge on any atom is 0.224 e. The van der Waals surface area contributed by atoms with E-state index in [9.17, 15) is 13.6 Å². The number of nitrogens with zero attached hydrogens (tertiary/aromatic N) is 1. The van der Waals surface area contributed by atoms with Crippen LogP contribution < -0.4 is 5.32 Å². The van der Waals surface area contributed by atoms with Gasteiger partial charge in [0.1, 0.15) is 11.6 Å². The molecule has 1 N–H and O–H groups in total. The van der Waals surface area contributed by atoms with Crippen molar-refractivity contribution < 1.29 is 13.6 Å². The number of carbonyl (C=O) groups is 1. The fourth-order valence-corrected chi connectivity index (χ4v) is 2.86. The van der Waals surface area contributed by atoms with E-state index in [1.54, 1.807) is 11.9 Å². The zero-order valence-corrected chi connectivity index (χ0v) is 13.6. The van der Waals surface area contributed by atoms with Crippen molar-refractivity contribution >= 4 is 18.3 Å². The molecule has 1 aliphatic rings. The average Bonchev–Trinajstić information content (AvgIpc) is 2.99. The molecule has 22 heavy (non-hydrogen) atoms. The minimum Gasteiger partial charge on any atom is -0.335 e. The summed E-state index contributed by atoms with van der Waals surface area (Å²) in [6, 6.07) is 3.55. The molecule has 0 bridgehead atoms. The second-order valence-electron chi connectivity index (χ2n) is 5.55. The summed E-state index contributed by atoms with van der Waals surface area (Å²) in [5, 5.41) is 2.95. The second-order valence-corrected chi connectivity index (χ2v) is 5.55. The number of carbonyl (C=O) groups excluding carboxylic acids is 1. The van der Waals surface area contributed by atoms with Crippen LogP contribution >= 0.6 is 12.4 Å². The lowest BCUT2D eigenvalue weighted by Gasteiger charge is -2.29. The fourth-order valence-electron chi connectivity index (χ4n) is 2.86. The molecule has 6 heteroatoms. The van der Waals surface area contributed by atoms with Gasteiger partial charge in [0.25, 0.3) is 0 Å². The first-order valence-corrected chi connectivity index (χ1v) is 7.50. The molecule has 1 amide bonds. The van der Waals surface area contributed by atoms with Crippen molar-refractivity contribution in [1.82, 2.24) is 10.2 Å². The topological polar surface area (TPSA) is 32.3 Å². The van der Waals surface area contributed by atoms with Crippen LogP contribution in [0, 0.1) is 11.6 Å². The number of amides is 1. The van der Waals surface area contributed by atoms with Crippen LogP contribution in [-0.4, -0.2) is 30.4 Å². The van der Waals surface area contributed by atoms with E-state index in [0.29, 0.717) is 13.0 Å². The first-order valence-electron chi connectivity index (χ1n) is 7.50. The molecule has 1 aromatic carbocycles. The van der Waals surface area contributed by atoms with Crippen LogP contribution in [-0.2, 0) is 11.3 Å². The molecule has 124 valence electrons. The van der Waals surface area contributed by atoms with E-state index < -0.39 is 11.6 Å². The number of rotatable bonds is 6. The van der Waals surface area contributed by atoms with E-state index in [4.69, 9.17) is 0 Å². The Kier molecular flexibility index (Phi) is 7.76. The number of hydrogen-bond donors (Lipinski definition) is 1. The summed E-state index contributed by atoms with van der Waals surface area (Å²) in [4.78, 5) is 14.1. The highest BCUT2D eigenvalue weighted by Gasteiger charge is 2.27. The highest BCUT2D eigenvalue weighted by atomic mass is 35.5. The maximum atomic E-state index is 13.8. The Balaban J connectivity index is 0.00000242. The SMILES string of the molecule is CNCCC(=O)N(Cc1cc(F)ccc1F)C1CCCC1.Cl. The van der Waals surface area contributed by atoms with Crippen LogP contribution in [0.25, 0.3) is 0 Å². The largest absolute Gasteiger partial charge is 0.335 e. The summed E-state index contributed by atoms with van der Waals surface area (Å²) in [5.74, 6) is -0.929. The van der Waals surface area contributed by atoms with Gasteiger partial charge in [0.15, 0.2) is 0 Å². The average molecular weight is 333 g/mol. The monoisotopic (exact) mass is 332 g/mol. The van der Waals surface area contributed by atoms with Gasteiger partial charge in [-0.2, -0.15) is 0 Å². The highest BCUT2D eigenvalue weighted by molar-refractivity contribution is 5.85. The van der Waals surface area contributed by atoms with E-state index in [2.05, 4.69) is 5.32 Å². The Morgan fingerprint density at radius 2 is 2.00 bits per heavy atom. The zero-order valence-electron chi connectivity index (χ0n) is 12.8. The maximum absolute atomic E-state index is 13.8. The molecule has 0 spiro atoms. The van der Waals surface area contributed by atoms with Crippen molar-refractivity contribution in [1.29, 1.82) is 0 Å². The van der Waals surface area contributed by atoms with Gasteiger partial charge in [-0.15, -0.1) is 12.4 Å². The van der Waals surface area contributed by atoms with E-state index in [0.717, 1.165) is 37.8 Å². The summed E-state index contributed by atoms with van der Waals surface area (Å²) >= 11 is 0. The van der Waals surface area contributed by atoms with E-state index in [-0.39, 0.29) is 36.5 Å².